The fourth-order valence-corrected chi connectivity index (χ4v) is 0.721. The zero-order valence-corrected chi connectivity index (χ0v) is 5.77. The molecule has 3 N–H and O–H groups in total. The van der Waals surface area contributed by atoms with Gasteiger partial charge in [0.25, 0.3) is 0 Å². The summed E-state index contributed by atoms with van der Waals surface area (Å²) in [5.74, 6) is -0.755. The van der Waals surface area contributed by atoms with Gasteiger partial charge in [-0.2, -0.15) is 0 Å². The Balaban J connectivity index is 3.99. The second-order valence-electron chi connectivity index (χ2n) is 2.05. The van der Waals surface area contributed by atoms with Crippen molar-refractivity contribution >= 4 is 11.6 Å². The van der Waals surface area contributed by atoms with Crippen molar-refractivity contribution in [2.24, 2.45) is 11.7 Å². The summed E-state index contributed by atoms with van der Waals surface area (Å²) in [4.78, 5) is 10.5. The molecular weight excluding hydrogens is 116 g/mol. The van der Waals surface area contributed by atoms with Crippen molar-refractivity contribution < 1.29 is 4.79 Å². The van der Waals surface area contributed by atoms with E-state index in [1.165, 1.54) is 0 Å². The summed E-state index contributed by atoms with van der Waals surface area (Å²) in [5, 5.41) is 7.08. The lowest BCUT2D eigenvalue weighted by atomic mass is 10.0. The third-order valence-corrected chi connectivity index (χ3v) is 1.27. The van der Waals surface area contributed by atoms with Crippen LogP contribution in [0.1, 0.15) is 20.3 Å². The normalized spacial score (nSPS) is 12.7. The molecule has 0 radical (unpaired) electrons. The predicted octanol–water partition coefficient (Wildman–Crippen LogP) is 0.538. The molecule has 0 bridgehead atoms. The maximum atomic E-state index is 10.5. The van der Waals surface area contributed by atoms with Gasteiger partial charge in [-0.25, -0.2) is 0 Å². The van der Waals surface area contributed by atoms with Crippen molar-refractivity contribution in [2.45, 2.75) is 20.3 Å². The first-order valence-electron chi connectivity index (χ1n) is 2.94. The second kappa shape index (κ2) is 3.22. The molecule has 0 spiro atoms. The molecule has 0 saturated heterocycles. The maximum Gasteiger partial charge on any atom is 0.226 e. The van der Waals surface area contributed by atoms with Crippen molar-refractivity contribution in [3.05, 3.63) is 0 Å². The van der Waals surface area contributed by atoms with Gasteiger partial charge in [0.05, 0.1) is 5.92 Å². The van der Waals surface area contributed by atoms with Gasteiger partial charge in [-0.3, -0.25) is 4.79 Å². The zero-order chi connectivity index (χ0) is 7.44. The summed E-state index contributed by atoms with van der Waals surface area (Å²) >= 11 is 0. The van der Waals surface area contributed by atoms with Crippen molar-refractivity contribution in [3.8, 4) is 0 Å². The Morgan fingerprint density at radius 3 is 2.22 bits per heavy atom. The van der Waals surface area contributed by atoms with Crippen LogP contribution in [0, 0.1) is 11.3 Å². The van der Waals surface area contributed by atoms with E-state index in [1.54, 1.807) is 6.92 Å². The van der Waals surface area contributed by atoms with Crippen LogP contribution in [0.15, 0.2) is 0 Å². The lowest BCUT2D eigenvalue weighted by molar-refractivity contribution is -0.119. The number of primary amides is 1. The molecule has 52 valence electrons. The minimum Gasteiger partial charge on any atom is -0.369 e. The average Bonchev–Trinajstić information content (AvgIpc) is 1.64. The van der Waals surface area contributed by atoms with Crippen molar-refractivity contribution in [1.82, 2.24) is 0 Å². The highest BCUT2D eigenvalue weighted by molar-refractivity contribution is 6.00. The van der Waals surface area contributed by atoms with E-state index in [0.717, 1.165) is 0 Å². The molecule has 0 aromatic heterocycles. The highest BCUT2D eigenvalue weighted by atomic mass is 16.1. The SMILES string of the molecule is CCC(C(C)=N)C(N)=O. The molecule has 1 unspecified atom stereocenters. The molecule has 0 aliphatic carbocycles. The number of carbonyl (C=O) groups is 1. The standard InChI is InChI=1S/C6H12N2O/c1-3-5(4(2)7)6(8)9/h5,7H,3H2,1-2H3,(H2,8,9). The fraction of sp³-hybridized carbons (Fsp3) is 0.667. The number of amides is 1. The summed E-state index contributed by atoms with van der Waals surface area (Å²) in [6.07, 6.45) is 0.630. The van der Waals surface area contributed by atoms with Gasteiger partial charge < -0.3 is 11.1 Å². The molecule has 0 rings (SSSR count). The van der Waals surface area contributed by atoms with Crippen LogP contribution >= 0.6 is 0 Å². The second-order valence-corrected chi connectivity index (χ2v) is 2.05. The number of carbonyl (C=O) groups excluding carboxylic acids is 1. The first-order chi connectivity index (χ1) is 4.09. The number of rotatable bonds is 3. The summed E-state index contributed by atoms with van der Waals surface area (Å²) in [7, 11) is 0. The van der Waals surface area contributed by atoms with E-state index >= 15 is 0 Å². The van der Waals surface area contributed by atoms with Gasteiger partial charge in [0.2, 0.25) is 5.91 Å². The van der Waals surface area contributed by atoms with Gasteiger partial charge in [-0.15, -0.1) is 0 Å². The molecule has 0 saturated carbocycles. The van der Waals surface area contributed by atoms with Crippen LogP contribution in [0.4, 0.5) is 0 Å². The first-order valence-corrected chi connectivity index (χ1v) is 2.94. The Morgan fingerprint density at radius 2 is 2.22 bits per heavy atom. The molecule has 1 atom stereocenters. The Kier molecular flexibility index (Phi) is 2.91. The van der Waals surface area contributed by atoms with Crippen LogP contribution in [0.2, 0.25) is 0 Å². The molecule has 0 aliphatic rings. The monoisotopic (exact) mass is 128 g/mol. The number of hydrogen-bond donors (Lipinski definition) is 2. The molecule has 3 heteroatoms. The van der Waals surface area contributed by atoms with E-state index in [9.17, 15) is 4.79 Å². The first kappa shape index (κ1) is 8.14. The summed E-state index contributed by atoms with van der Waals surface area (Å²) in [6.45, 7) is 3.44. The molecule has 3 nitrogen and oxygen atoms in total. The Hall–Kier alpha value is -0.860. The third kappa shape index (κ3) is 2.26. The maximum absolute atomic E-state index is 10.5. The Morgan fingerprint density at radius 1 is 1.78 bits per heavy atom. The number of nitrogens with one attached hydrogen (secondary N) is 1. The minimum atomic E-state index is -0.398. The number of hydrogen-bond acceptors (Lipinski definition) is 2. The quantitative estimate of drug-likeness (QED) is 0.535. The zero-order valence-electron chi connectivity index (χ0n) is 5.77. The van der Waals surface area contributed by atoms with Crippen LogP contribution in [-0.4, -0.2) is 11.6 Å². The van der Waals surface area contributed by atoms with Crippen molar-refractivity contribution in [2.75, 3.05) is 0 Å². The van der Waals surface area contributed by atoms with Crippen molar-refractivity contribution in [3.63, 3.8) is 0 Å². The van der Waals surface area contributed by atoms with E-state index in [4.69, 9.17) is 11.1 Å². The average molecular weight is 128 g/mol. The Labute approximate surface area is 54.8 Å². The van der Waals surface area contributed by atoms with E-state index in [0.29, 0.717) is 12.1 Å². The van der Waals surface area contributed by atoms with Crippen LogP contribution in [0.5, 0.6) is 0 Å². The van der Waals surface area contributed by atoms with Crippen LogP contribution in [0.3, 0.4) is 0 Å². The van der Waals surface area contributed by atoms with Crippen LogP contribution in [0.25, 0.3) is 0 Å². The van der Waals surface area contributed by atoms with Crippen molar-refractivity contribution in [1.29, 1.82) is 5.41 Å². The van der Waals surface area contributed by atoms with Gasteiger partial charge in [0.15, 0.2) is 0 Å². The van der Waals surface area contributed by atoms with Gasteiger partial charge in [0.1, 0.15) is 0 Å². The fourth-order valence-electron chi connectivity index (χ4n) is 0.721. The van der Waals surface area contributed by atoms with Gasteiger partial charge in [-0.1, -0.05) is 6.92 Å². The largest absolute Gasteiger partial charge is 0.369 e. The lowest BCUT2D eigenvalue weighted by Gasteiger charge is -2.06. The topological polar surface area (TPSA) is 66.9 Å². The predicted molar refractivity (Wildman–Crippen MR) is 36.4 cm³/mol. The molecule has 0 aromatic rings. The summed E-state index contributed by atoms with van der Waals surface area (Å²) in [6, 6.07) is 0. The molecule has 0 aliphatic heterocycles. The highest BCUT2D eigenvalue weighted by Crippen LogP contribution is 2.01. The smallest absolute Gasteiger partial charge is 0.226 e. The Bertz CT molecular complexity index is 117. The molecule has 0 heterocycles. The van der Waals surface area contributed by atoms with Gasteiger partial charge in [-0.05, 0) is 13.3 Å². The van der Waals surface area contributed by atoms with E-state index in [2.05, 4.69) is 0 Å². The molecule has 1 amide bonds. The van der Waals surface area contributed by atoms with Crippen LogP contribution in [-0.2, 0) is 4.79 Å². The summed E-state index contributed by atoms with van der Waals surface area (Å²) in [5.41, 5.74) is 5.32. The third-order valence-electron chi connectivity index (χ3n) is 1.27. The van der Waals surface area contributed by atoms with Gasteiger partial charge in [0, 0.05) is 5.71 Å². The lowest BCUT2D eigenvalue weighted by Crippen LogP contribution is -2.27. The molecule has 0 fully saturated rings. The number of nitrogens with two attached hydrogens (primary N) is 1. The minimum absolute atomic E-state index is 0.352. The molecule has 0 aromatic carbocycles. The molecular formula is C6H12N2O. The molecule has 9 heavy (non-hydrogen) atoms. The van der Waals surface area contributed by atoms with E-state index in [-0.39, 0.29) is 5.92 Å². The highest BCUT2D eigenvalue weighted by Gasteiger charge is 2.13. The van der Waals surface area contributed by atoms with Gasteiger partial charge >= 0.3 is 0 Å². The van der Waals surface area contributed by atoms with E-state index in [1.807, 2.05) is 6.92 Å². The van der Waals surface area contributed by atoms with Crippen LogP contribution < -0.4 is 5.73 Å². The summed E-state index contributed by atoms with van der Waals surface area (Å²) < 4.78 is 0. The van der Waals surface area contributed by atoms with E-state index < -0.39 is 5.91 Å².